The first kappa shape index (κ1) is 30.1. The summed E-state index contributed by atoms with van der Waals surface area (Å²) in [5.74, 6) is -0.268. The number of aliphatic hydroxyl groups is 1. The van der Waals surface area contributed by atoms with Crippen LogP contribution in [0.2, 0.25) is 0 Å². The molecule has 2 saturated heterocycles. The zero-order valence-electron chi connectivity index (χ0n) is 24.8. The van der Waals surface area contributed by atoms with Gasteiger partial charge in [0.2, 0.25) is 5.89 Å². The van der Waals surface area contributed by atoms with E-state index in [0.29, 0.717) is 42.9 Å². The van der Waals surface area contributed by atoms with Crippen LogP contribution in [0.3, 0.4) is 0 Å². The van der Waals surface area contributed by atoms with Crippen LogP contribution >= 0.6 is 11.3 Å². The molecule has 0 saturated carbocycles. The Kier molecular flexibility index (Phi) is 9.17. The molecule has 4 aromatic rings. The van der Waals surface area contributed by atoms with Crippen molar-refractivity contribution >= 4 is 23.2 Å². The number of amides is 2. The molecule has 0 radical (unpaired) electrons. The van der Waals surface area contributed by atoms with Crippen molar-refractivity contribution in [2.45, 2.75) is 62.9 Å². The number of carbonyl (C=O) groups is 2. The van der Waals surface area contributed by atoms with E-state index in [0.717, 1.165) is 29.1 Å². The lowest BCUT2D eigenvalue weighted by molar-refractivity contribution is 0.0677. The Morgan fingerprint density at radius 2 is 2.05 bits per heavy atom. The Morgan fingerprint density at radius 1 is 1.23 bits per heavy atom. The summed E-state index contributed by atoms with van der Waals surface area (Å²) in [4.78, 5) is 38.7. The molecule has 2 aliphatic rings. The number of benzene rings is 2. The largest absolute Gasteiger partial charge is 0.445 e. The lowest BCUT2D eigenvalue weighted by Gasteiger charge is -2.29. The van der Waals surface area contributed by atoms with Crippen molar-refractivity contribution in [3.05, 3.63) is 93.8 Å². The predicted octanol–water partition coefficient (Wildman–Crippen LogP) is 4.16. The first-order valence-corrected chi connectivity index (χ1v) is 15.8. The second-order valence-electron chi connectivity index (χ2n) is 11.5. The molecule has 2 aliphatic heterocycles. The average Bonchev–Trinajstić information content (AvgIpc) is 3.87. The van der Waals surface area contributed by atoms with Gasteiger partial charge in [-0.05, 0) is 56.4 Å². The van der Waals surface area contributed by atoms with Crippen LogP contribution in [0.5, 0.6) is 0 Å². The molecule has 6 rings (SSSR count). The van der Waals surface area contributed by atoms with Gasteiger partial charge in [0.1, 0.15) is 11.3 Å². The molecule has 0 aliphatic carbocycles. The van der Waals surface area contributed by atoms with Crippen LogP contribution in [0.1, 0.15) is 62.3 Å². The summed E-state index contributed by atoms with van der Waals surface area (Å²) in [6.07, 6.45) is 4.88. The number of methoxy groups -OCH3 is 1. The fraction of sp³-hybridized carbons (Fsp3) is 0.394. The first-order valence-electron chi connectivity index (χ1n) is 15.0. The number of carbonyl (C=O) groups excluding carboxylic acids is 2. The van der Waals surface area contributed by atoms with E-state index in [1.54, 1.807) is 36.6 Å². The van der Waals surface area contributed by atoms with Crippen molar-refractivity contribution in [1.29, 1.82) is 0 Å². The standard InChI is InChI=1S/C33H37N5O5S/c1-20-19-44-32(36-20)28-9-6-11-38(28)33(41)24-15-22(14-23(16-24)31-34-10-12-43-31)30(40)37-27(13-21-7-4-3-5-8-21)29(39)26-17-25(42-2)18-35-26/h3-5,7-8,10,12,14-16,19,25-29,35,39H,6,9,11,13,17-18H2,1-2H3,(H,37,40)/t25-,26-,27+,28-,29+/m1/s1. The highest BCUT2D eigenvalue weighted by atomic mass is 32.1. The zero-order chi connectivity index (χ0) is 30.6. The van der Waals surface area contributed by atoms with Crippen LogP contribution in [-0.2, 0) is 11.2 Å². The summed E-state index contributed by atoms with van der Waals surface area (Å²) in [5.41, 5.74) is 3.09. The minimum absolute atomic E-state index is 0.00326. The molecule has 4 heterocycles. The summed E-state index contributed by atoms with van der Waals surface area (Å²) < 4.78 is 11.0. The number of hydrogen-bond donors (Lipinski definition) is 3. The molecule has 0 bridgehead atoms. The summed E-state index contributed by atoms with van der Waals surface area (Å²) >= 11 is 1.56. The van der Waals surface area contributed by atoms with Gasteiger partial charge in [-0.3, -0.25) is 9.59 Å². The number of rotatable bonds is 10. The van der Waals surface area contributed by atoms with Gasteiger partial charge in [-0.2, -0.15) is 0 Å². The van der Waals surface area contributed by atoms with Gasteiger partial charge in [0.25, 0.3) is 11.8 Å². The Bertz CT molecular complexity index is 1580. The second-order valence-corrected chi connectivity index (χ2v) is 12.4. The number of likely N-dealkylation sites (tertiary alicyclic amines) is 1. The van der Waals surface area contributed by atoms with Crippen LogP contribution in [-0.4, -0.2) is 76.3 Å². The summed E-state index contributed by atoms with van der Waals surface area (Å²) in [7, 11) is 1.66. The highest BCUT2D eigenvalue weighted by Crippen LogP contribution is 2.35. The van der Waals surface area contributed by atoms with Gasteiger partial charge < -0.3 is 29.8 Å². The third kappa shape index (κ3) is 6.61. The monoisotopic (exact) mass is 615 g/mol. The number of hydrogen-bond acceptors (Lipinski definition) is 9. The number of thiazole rings is 1. The molecular weight excluding hydrogens is 578 g/mol. The molecule has 5 atom stereocenters. The van der Waals surface area contributed by atoms with Crippen molar-refractivity contribution in [1.82, 2.24) is 25.5 Å². The molecule has 2 aromatic carbocycles. The maximum Gasteiger partial charge on any atom is 0.254 e. The van der Waals surface area contributed by atoms with E-state index >= 15 is 0 Å². The van der Waals surface area contributed by atoms with E-state index in [1.165, 1.54) is 12.5 Å². The number of aromatic nitrogens is 2. The van der Waals surface area contributed by atoms with Crippen molar-refractivity contribution in [3.8, 4) is 11.5 Å². The van der Waals surface area contributed by atoms with Crippen molar-refractivity contribution < 1.29 is 23.8 Å². The molecule has 11 heteroatoms. The molecule has 2 fully saturated rings. The molecule has 0 unspecified atom stereocenters. The topological polar surface area (TPSA) is 130 Å². The summed E-state index contributed by atoms with van der Waals surface area (Å²) in [6.45, 7) is 3.19. The fourth-order valence-electron chi connectivity index (χ4n) is 6.16. The minimum Gasteiger partial charge on any atom is -0.445 e. The van der Waals surface area contributed by atoms with E-state index in [2.05, 4.69) is 20.6 Å². The van der Waals surface area contributed by atoms with Crippen LogP contribution < -0.4 is 10.6 Å². The fourth-order valence-corrected chi connectivity index (χ4v) is 7.10. The smallest absolute Gasteiger partial charge is 0.254 e. The highest BCUT2D eigenvalue weighted by molar-refractivity contribution is 7.09. The summed E-state index contributed by atoms with van der Waals surface area (Å²) in [5, 5.41) is 20.8. The van der Waals surface area contributed by atoms with E-state index in [-0.39, 0.29) is 29.7 Å². The number of ether oxygens (including phenoxy) is 1. The van der Waals surface area contributed by atoms with Crippen LogP contribution in [0.25, 0.3) is 11.5 Å². The van der Waals surface area contributed by atoms with Crippen LogP contribution in [0, 0.1) is 6.92 Å². The lowest BCUT2D eigenvalue weighted by atomic mass is 9.94. The predicted molar refractivity (Wildman–Crippen MR) is 166 cm³/mol. The van der Waals surface area contributed by atoms with Gasteiger partial charge in [-0.1, -0.05) is 30.3 Å². The highest BCUT2D eigenvalue weighted by Gasteiger charge is 2.36. The Hall–Kier alpha value is -3.90. The number of aliphatic hydroxyl groups excluding tert-OH is 1. The molecular formula is C33H37N5O5S. The van der Waals surface area contributed by atoms with Gasteiger partial charge in [0, 0.05) is 54.0 Å². The Balaban J connectivity index is 1.29. The van der Waals surface area contributed by atoms with Crippen molar-refractivity contribution in [3.63, 3.8) is 0 Å². The molecule has 3 N–H and O–H groups in total. The molecule has 2 aromatic heterocycles. The van der Waals surface area contributed by atoms with Gasteiger partial charge in [0.05, 0.1) is 30.5 Å². The van der Waals surface area contributed by atoms with Gasteiger partial charge in [-0.25, -0.2) is 9.97 Å². The number of nitrogens with zero attached hydrogens (tertiary/aromatic N) is 3. The normalized spacial score (nSPS) is 21.3. The van der Waals surface area contributed by atoms with E-state index in [4.69, 9.17) is 9.15 Å². The van der Waals surface area contributed by atoms with Crippen molar-refractivity contribution in [2.24, 2.45) is 0 Å². The SMILES string of the molecule is CO[C@H]1CN[C@@H]([C@H](O)[C@H](Cc2ccccc2)NC(=O)c2cc(C(=O)N3CCC[C@@H]3c3nc(C)cs3)cc(-c3ncco3)c2)C1. The Labute approximate surface area is 260 Å². The maximum absolute atomic E-state index is 14.0. The van der Waals surface area contributed by atoms with Gasteiger partial charge in [-0.15, -0.1) is 11.3 Å². The molecule has 10 nitrogen and oxygen atoms in total. The quantitative estimate of drug-likeness (QED) is 0.243. The third-order valence-corrected chi connectivity index (χ3v) is 9.52. The van der Waals surface area contributed by atoms with Crippen molar-refractivity contribution in [2.75, 3.05) is 20.2 Å². The Morgan fingerprint density at radius 3 is 2.75 bits per heavy atom. The average molecular weight is 616 g/mol. The van der Waals surface area contributed by atoms with E-state index in [1.807, 2.05) is 47.5 Å². The van der Waals surface area contributed by atoms with Crippen LogP contribution in [0.4, 0.5) is 0 Å². The van der Waals surface area contributed by atoms with Gasteiger partial charge in [0.15, 0.2) is 0 Å². The molecule has 230 valence electrons. The summed E-state index contributed by atoms with van der Waals surface area (Å²) in [6, 6.07) is 13.8. The first-order chi connectivity index (χ1) is 21.4. The number of aryl methyl sites for hydroxylation is 1. The molecule has 44 heavy (non-hydrogen) atoms. The van der Waals surface area contributed by atoms with E-state index in [9.17, 15) is 14.7 Å². The van der Waals surface area contributed by atoms with Crippen LogP contribution in [0.15, 0.2) is 70.8 Å². The minimum atomic E-state index is -0.873. The number of oxazole rings is 1. The van der Waals surface area contributed by atoms with Gasteiger partial charge >= 0.3 is 0 Å². The lowest BCUT2D eigenvalue weighted by Crippen LogP contribution is -2.52. The maximum atomic E-state index is 14.0. The second kappa shape index (κ2) is 13.4. The molecule has 2 amide bonds. The number of nitrogens with one attached hydrogen (secondary N) is 2. The van der Waals surface area contributed by atoms with E-state index < -0.39 is 18.1 Å². The third-order valence-electron chi connectivity index (χ3n) is 8.45. The zero-order valence-corrected chi connectivity index (χ0v) is 25.6. The molecule has 0 spiro atoms.